The Morgan fingerprint density at radius 1 is 0.952 bits per heavy atom. The van der Waals surface area contributed by atoms with Crippen molar-refractivity contribution in [3.05, 3.63) is 71.0 Å². The Labute approximate surface area is 135 Å². The lowest BCUT2D eigenvalue weighted by molar-refractivity contribution is 0.869. The van der Waals surface area contributed by atoms with E-state index in [0.29, 0.717) is 6.42 Å². The third-order valence-corrected chi connectivity index (χ3v) is 4.96. The van der Waals surface area contributed by atoms with Crippen molar-refractivity contribution in [2.24, 2.45) is 0 Å². The normalized spacial score (nSPS) is 11.1. The van der Waals surface area contributed by atoms with E-state index < -0.39 is 0 Å². The van der Waals surface area contributed by atoms with Crippen molar-refractivity contribution < 1.29 is 0 Å². The summed E-state index contributed by atoms with van der Waals surface area (Å²) in [5, 5.41) is 10.9. The van der Waals surface area contributed by atoms with Crippen LogP contribution in [0.1, 0.15) is 19.3 Å². The summed E-state index contributed by atoms with van der Waals surface area (Å²) in [5.41, 5.74) is 0. The SMILES string of the molecule is N#CCCC/C(=C/Sc1ccccc1)Sc1ccccc1. The van der Waals surface area contributed by atoms with Crippen molar-refractivity contribution in [2.75, 3.05) is 0 Å². The van der Waals surface area contributed by atoms with Gasteiger partial charge in [-0.2, -0.15) is 5.26 Å². The van der Waals surface area contributed by atoms with E-state index >= 15 is 0 Å². The van der Waals surface area contributed by atoms with E-state index in [4.69, 9.17) is 5.26 Å². The zero-order valence-electron chi connectivity index (χ0n) is 11.7. The zero-order valence-corrected chi connectivity index (χ0v) is 13.4. The summed E-state index contributed by atoms with van der Waals surface area (Å²) in [6.07, 6.45) is 2.48. The van der Waals surface area contributed by atoms with Crippen molar-refractivity contribution in [3.8, 4) is 6.07 Å². The van der Waals surface area contributed by atoms with E-state index in [1.54, 1.807) is 23.5 Å². The maximum atomic E-state index is 8.70. The van der Waals surface area contributed by atoms with Crippen LogP contribution in [0.2, 0.25) is 0 Å². The van der Waals surface area contributed by atoms with Crippen LogP contribution in [-0.2, 0) is 0 Å². The van der Waals surface area contributed by atoms with Crippen LogP contribution in [0, 0.1) is 11.3 Å². The average Bonchev–Trinajstić information content (AvgIpc) is 2.54. The number of hydrogen-bond donors (Lipinski definition) is 0. The Morgan fingerprint density at radius 2 is 1.57 bits per heavy atom. The average molecular weight is 311 g/mol. The molecule has 0 bridgehead atoms. The molecule has 0 aliphatic heterocycles. The van der Waals surface area contributed by atoms with Crippen molar-refractivity contribution in [1.82, 2.24) is 0 Å². The lowest BCUT2D eigenvalue weighted by atomic mass is 10.2. The van der Waals surface area contributed by atoms with Crippen LogP contribution in [0.5, 0.6) is 0 Å². The molecule has 0 amide bonds. The first kappa shape index (κ1) is 15.8. The van der Waals surface area contributed by atoms with Gasteiger partial charge in [0.1, 0.15) is 0 Å². The van der Waals surface area contributed by atoms with Crippen molar-refractivity contribution in [2.45, 2.75) is 29.1 Å². The number of nitrogens with zero attached hydrogens (tertiary/aromatic N) is 1. The molecule has 0 aromatic heterocycles. The summed E-state index contributed by atoms with van der Waals surface area (Å²) in [7, 11) is 0. The summed E-state index contributed by atoms with van der Waals surface area (Å²) in [5.74, 6) is 0. The largest absolute Gasteiger partial charge is 0.198 e. The van der Waals surface area contributed by atoms with E-state index in [9.17, 15) is 0 Å². The van der Waals surface area contributed by atoms with Gasteiger partial charge in [-0.15, -0.1) is 0 Å². The predicted octanol–water partition coefficient (Wildman–Crippen LogP) is 6.11. The first-order valence-electron chi connectivity index (χ1n) is 6.89. The molecule has 0 saturated heterocycles. The van der Waals surface area contributed by atoms with Crippen LogP contribution in [0.3, 0.4) is 0 Å². The molecule has 0 heterocycles. The van der Waals surface area contributed by atoms with E-state index in [-0.39, 0.29) is 0 Å². The van der Waals surface area contributed by atoms with Gasteiger partial charge in [-0.3, -0.25) is 0 Å². The van der Waals surface area contributed by atoms with Crippen molar-refractivity contribution in [3.63, 3.8) is 0 Å². The molecule has 3 heteroatoms. The minimum absolute atomic E-state index is 0.614. The molecule has 0 atom stereocenters. The summed E-state index contributed by atoms with van der Waals surface area (Å²) < 4.78 is 0. The van der Waals surface area contributed by atoms with Gasteiger partial charge in [-0.25, -0.2) is 0 Å². The Morgan fingerprint density at radius 3 is 2.19 bits per heavy atom. The Hall–Kier alpha value is -1.63. The van der Waals surface area contributed by atoms with E-state index in [1.165, 1.54) is 14.7 Å². The monoisotopic (exact) mass is 311 g/mol. The van der Waals surface area contributed by atoms with Crippen LogP contribution in [-0.4, -0.2) is 0 Å². The standard InChI is InChI=1S/C18H17NS2/c19-14-8-7-13-18(21-17-11-5-2-6-12-17)15-20-16-9-3-1-4-10-16/h1-6,9-12,15H,7-8,13H2/b18-15-. The van der Waals surface area contributed by atoms with Gasteiger partial charge in [0.05, 0.1) is 6.07 Å². The van der Waals surface area contributed by atoms with Crippen LogP contribution in [0.15, 0.2) is 80.8 Å². The fraction of sp³-hybridized carbons (Fsp3) is 0.167. The van der Waals surface area contributed by atoms with Crippen molar-refractivity contribution >= 4 is 23.5 Å². The molecule has 0 spiro atoms. The Balaban J connectivity index is 2.02. The number of nitriles is 1. The fourth-order valence-corrected chi connectivity index (χ4v) is 3.63. The molecule has 0 N–H and O–H groups in total. The fourth-order valence-electron chi connectivity index (χ4n) is 1.75. The van der Waals surface area contributed by atoms with E-state index in [1.807, 2.05) is 12.1 Å². The predicted molar refractivity (Wildman–Crippen MR) is 92.1 cm³/mol. The summed E-state index contributed by atoms with van der Waals surface area (Å²) in [6, 6.07) is 23.0. The molecule has 0 radical (unpaired) electrons. The molecule has 0 unspecified atom stereocenters. The van der Waals surface area contributed by atoms with Crippen LogP contribution in [0.25, 0.3) is 0 Å². The molecule has 0 saturated carbocycles. The topological polar surface area (TPSA) is 23.8 Å². The number of unbranched alkanes of at least 4 members (excludes halogenated alkanes) is 1. The highest BCUT2D eigenvalue weighted by Crippen LogP contribution is 2.33. The van der Waals surface area contributed by atoms with Gasteiger partial charge in [0.25, 0.3) is 0 Å². The Kier molecular flexibility index (Phi) is 7.00. The highest BCUT2D eigenvalue weighted by atomic mass is 32.2. The van der Waals surface area contributed by atoms with Gasteiger partial charge in [-0.1, -0.05) is 59.9 Å². The lowest BCUT2D eigenvalue weighted by Gasteiger charge is -2.06. The third-order valence-electron chi connectivity index (χ3n) is 2.77. The van der Waals surface area contributed by atoms with Crippen molar-refractivity contribution in [1.29, 1.82) is 5.26 Å². The zero-order chi connectivity index (χ0) is 14.8. The maximum Gasteiger partial charge on any atom is 0.0621 e. The minimum Gasteiger partial charge on any atom is -0.198 e. The second-order valence-electron chi connectivity index (χ2n) is 4.44. The smallest absolute Gasteiger partial charge is 0.0621 e. The summed E-state index contributed by atoms with van der Waals surface area (Å²) in [4.78, 5) is 3.80. The molecule has 2 aromatic rings. The van der Waals surface area contributed by atoms with Crippen LogP contribution in [0.4, 0.5) is 0 Å². The maximum absolute atomic E-state index is 8.70. The molecule has 21 heavy (non-hydrogen) atoms. The molecule has 2 aromatic carbocycles. The molecule has 0 aliphatic carbocycles. The molecule has 106 valence electrons. The first-order chi connectivity index (χ1) is 10.4. The number of hydrogen-bond acceptors (Lipinski definition) is 3. The molecular weight excluding hydrogens is 294 g/mol. The third kappa shape index (κ3) is 6.12. The van der Waals surface area contributed by atoms with Crippen LogP contribution < -0.4 is 0 Å². The van der Waals surface area contributed by atoms with Gasteiger partial charge in [0.2, 0.25) is 0 Å². The molecule has 0 aliphatic rings. The highest BCUT2D eigenvalue weighted by molar-refractivity contribution is 8.06. The second-order valence-corrected chi connectivity index (χ2v) is 6.58. The van der Waals surface area contributed by atoms with Gasteiger partial charge in [-0.05, 0) is 47.4 Å². The molecule has 2 rings (SSSR count). The number of rotatable bonds is 7. The van der Waals surface area contributed by atoms with Gasteiger partial charge < -0.3 is 0 Å². The van der Waals surface area contributed by atoms with Gasteiger partial charge in [0.15, 0.2) is 0 Å². The lowest BCUT2D eigenvalue weighted by Crippen LogP contribution is -1.80. The first-order valence-corrected chi connectivity index (χ1v) is 8.58. The van der Waals surface area contributed by atoms with Crippen LogP contribution >= 0.6 is 23.5 Å². The van der Waals surface area contributed by atoms with E-state index in [0.717, 1.165) is 12.8 Å². The van der Waals surface area contributed by atoms with Gasteiger partial charge >= 0.3 is 0 Å². The second kappa shape index (κ2) is 9.33. The number of allylic oxidation sites excluding steroid dienone is 1. The highest BCUT2D eigenvalue weighted by Gasteiger charge is 2.02. The number of thioether (sulfide) groups is 2. The Bertz CT molecular complexity index is 600. The quantitative estimate of drug-likeness (QED) is 0.455. The molecular formula is C18H17NS2. The minimum atomic E-state index is 0.614. The summed E-state index contributed by atoms with van der Waals surface area (Å²) >= 11 is 3.53. The molecule has 1 nitrogen and oxygen atoms in total. The van der Waals surface area contributed by atoms with E-state index in [2.05, 4.69) is 60.0 Å². The van der Waals surface area contributed by atoms with Gasteiger partial charge in [0, 0.05) is 16.2 Å². The number of benzene rings is 2. The summed E-state index contributed by atoms with van der Waals surface area (Å²) in [6.45, 7) is 0. The molecule has 0 fully saturated rings.